The van der Waals surface area contributed by atoms with Crippen LogP contribution >= 0.6 is 11.6 Å². The molecule has 1 unspecified atom stereocenters. The molecule has 1 atom stereocenters. The second-order valence-corrected chi connectivity index (χ2v) is 8.80. The molecule has 3 aromatic rings. The molecule has 1 N–H and O–H groups in total. The van der Waals surface area contributed by atoms with Gasteiger partial charge in [0, 0.05) is 12.3 Å². The third-order valence-electron chi connectivity index (χ3n) is 4.04. The van der Waals surface area contributed by atoms with Gasteiger partial charge in [0.1, 0.15) is 29.4 Å². The number of hydrogen-bond acceptors (Lipinski definition) is 4. The Hall–Kier alpha value is -2.36. The van der Waals surface area contributed by atoms with Crippen LogP contribution in [-0.4, -0.2) is 24.6 Å². The van der Waals surface area contributed by atoms with Crippen molar-refractivity contribution in [3.05, 3.63) is 81.5 Å². The summed E-state index contributed by atoms with van der Waals surface area (Å²) in [7, 11) is -3.60. The average molecular weight is 445 g/mol. The molecular formula is C19H16ClF3N2O3S. The molecule has 0 saturated heterocycles. The van der Waals surface area contributed by atoms with E-state index in [9.17, 15) is 21.6 Å². The van der Waals surface area contributed by atoms with E-state index in [1.54, 1.807) is 0 Å². The fraction of sp³-hybridized carbons (Fsp3) is 0.211. The van der Waals surface area contributed by atoms with Gasteiger partial charge in [-0.05, 0) is 42.3 Å². The molecule has 2 aromatic carbocycles. The van der Waals surface area contributed by atoms with Gasteiger partial charge in [-0.3, -0.25) is 0 Å². The highest BCUT2D eigenvalue weighted by molar-refractivity contribution is 7.90. The largest absolute Gasteiger partial charge is 0.361 e. The molecule has 0 bridgehead atoms. The zero-order valence-corrected chi connectivity index (χ0v) is 16.9. The number of nitrogens with zero attached hydrogens (tertiary/aromatic N) is 1. The lowest BCUT2D eigenvalue weighted by atomic mass is 10.1. The monoisotopic (exact) mass is 444 g/mol. The fourth-order valence-electron chi connectivity index (χ4n) is 2.83. The molecule has 0 radical (unpaired) electrons. The van der Waals surface area contributed by atoms with Crippen LogP contribution in [0, 0.1) is 24.4 Å². The van der Waals surface area contributed by atoms with Gasteiger partial charge in [0.25, 0.3) is 0 Å². The number of aryl methyl sites for hydroxylation is 1. The van der Waals surface area contributed by atoms with Gasteiger partial charge in [-0.2, -0.15) is 0 Å². The van der Waals surface area contributed by atoms with Crippen molar-refractivity contribution in [2.24, 2.45) is 0 Å². The van der Waals surface area contributed by atoms with Crippen LogP contribution in [0.15, 0.2) is 41.4 Å². The molecule has 0 aliphatic heterocycles. The zero-order chi connectivity index (χ0) is 21.3. The van der Waals surface area contributed by atoms with Crippen molar-refractivity contribution < 1.29 is 26.3 Å². The Bertz CT molecular complexity index is 1150. The van der Waals surface area contributed by atoms with Crippen LogP contribution in [0.5, 0.6) is 0 Å². The molecule has 154 valence electrons. The Morgan fingerprint density at radius 3 is 2.34 bits per heavy atom. The molecule has 0 saturated carbocycles. The molecule has 0 fully saturated rings. The van der Waals surface area contributed by atoms with E-state index in [2.05, 4.69) is 9.97 Å². The summed E-state index contributed by atoms with van der Waals surface area (Å²) in [6.07, 6.45) is 0.0220. The van der Waals surface area contributed by atoms with E-state index < -0.39 is 33.4 Å². The first kappa shape index (κ1) is 21.4. The minimum absolute atomic E-state index is 0.127. The first-order chi connectivity index (χ1) is 13.5. The molecule has 0 spiro atoms. The first-order valence-electron chi connectivity index (χ1n) is 8.32. The highest BCUT2D eigenvalue weighted by atomic mass is 35.5. The minimum Gasteiger partial charge on any atom is -0.361 e. The summed E-state index contributed by atoms with van der Waals surface area (Å²) < 4.78 is 70.0. The first-order valence-corrected chi connectivity index (χ1v) is 10.6. The van der Waals surface area contributed by atoms with Crippen molar-refractivity contribution in [2.75, 3.05) is 6.26 Å². The van der Waals surface area contributed by atoms with Crippen molar-refractivity contribution in [3.63, 3.8) is 0 Å². The van der Waals surface area contributed by atoms with E-state index in [-0.39, 0.29) is 28.0 Å². The number of hydrogen-bond donors (Lipinski definition) is 1. The predicted molar refractivity (Wildman–Crippen MR) is 101 cm³/mol. The molecule has 0 aliphatic rings. The maximum absolute atomic E-state index is 13.6. The standard InChI is InChI=1S/C19H16ClF3N2O3S/c1-10-19(29(2,26)27)25-18(24-10)17(12-3-4-16(23)15(20)7-12)28-9-11-5-13(21)8-14(22)6-11/h3-8,17H,9H2,1-2H3,(H,24,25). The van der Waals surface area contributed by atoms with Crippen LogP contribution in [0.2, 0.25) is 5.02 Å². The van der Waals surface area contributed by atoms with Gasteiger partial charge in [-0.15, -0.1) is 0 Å². The van der Waals surface area contributed by atoms with Crippen LogP contribution in [0.4, 0.5) is 13.2 Å². The summed E-state index contributed by atoms with van der Waals surface area (Å²) in [6, 6.07) is 6.78. The summed E-state index contributed by atoms with van der Waals surface area (Å²) in [6.45, 7) is 1.31. The van der Waals surface area contributed by atoms with Gasteiger partial charge in [0.15, 0.2) is 14.9 Å². The molecule has 29 heavy (non-hydrogen) atoms. The van der Waals surface area contributed by atoms with Gasteiger partial charge >= 0.3 is 0 Å². The number of H-pyrrole nitrogens is 1. The van der Waals surface area contributed by atoms with Crippen molar-refractivity contribution in [2.45, 2.75) is 24.7 Å². The number of sulfone groups is 1. The van der Waals surface area contributed by atoms with Gasteiger partial charge in [-0.25, -0.2) is 26.6 Å². The molecule has 1 aromatic heterocycles. The lowest BCUT2D eigenvalue weighted by Crippen LogP contribution is -2.09. The summed E-state index contributed by atoms with van der Waals surface area (Å²) >= 11 is 5.86. The van der Waals surface area contributed by atoms with Crippen LogP contribution in [0.1, 0.15) is 28.7 Å². The van der Waals surface area contributed by atoms with Crippen molar-refractivity contribution >= 4 is 21.4 Å². The average Bonchev–Trinajstić information content (AvgIpc) is 2.99. The Morgan fingerprint density at radius 1 is 1.14 bits per heavy atom. The number of halogens is 4. The SMILES string of the molecule is Cc1[nH]c(C(OCc2cc(F)cc(F)c2)c2ccc(F)c(Cl)c2)nc1S(C)(=O)=O. The maximum Gasteiger partial charge on any atom is 0.194 e. The van der Waals surface area contributed by atoms with E-state index in [0.717, 1.165) is 30.5 Å². The number of imidazole rings is 1. The van der Waals surface area contributed by atoms with Crippen molar-refractivity contribution in [3.8, 4) is 0 Å². The molecule has 0 amide bonds. The number of nitrogens with one attached hydrogen (secondary N) is 1. The van der Waals surface area contributed by atoms with Gasteiger partial charge in [0.05, 0.1) is 17.3 Å². The maximum atomic E-state index is 13.6. The topological polar surface area (TPSA) is 72.0 Å². The van der Waals surface area contributed by atoms with Gasteiger partial charge in [-0.1, -0.05) is 17.7 Å². The molecule has 10 heteroatoms. The van der Waals surface area contributed by atoms with Crippen molar-refractivity contribution in [1.29, 1.82) is 0 Å². The molecule has 3 rings (SSSR count). The number of aromatic amines is 1. The normalized spacial score (nSPS) is 12.9. The summed E-state index contributed by atoms with van der Waals surface area (Å²) in [5.41, 5.74) is 0.885. The van der Waals surface area contributed by atoms with Crippen LogP contribution in [-0.2, 0) is 21.2 Å². The van der Waals surface area contributed by atoms with E-state index >= 15 is 0 Å². The van der Waals surface area contributed by atoms with Crippen LogP contribution in [0.3, 0.4) is 0 Å². The molecule has 5 nitrogen and oxygen atoms in total. The van der Waals surface area contributed by atoms with E-state index in [0.29, 0.717) is 11.3 Å². The van der Waals surface area contributed by atoms with E-state index in [1.165, 1.54) is 19.1 Å². The number of rotatable bonds is 6. The Morgan fingerprint density at radius 2 is 1.79 bits per heavy atom. The summed E-state index contributed by atoms with van der Waals surface area (Å²) in [5.74, 6) is -2.05. The lowest BCUT2D eigenvalue weighted by molar-refractivity contribution is 0.0610. The quantitative estimate of drug-likeness (QED) is 0.607. The van der Waals surface area contributed by atoms with E-state index in [4.69, 9.17) is 16.3 Å². The zero-order valence-electron chi connectivity index (χ0n) is 15.3. The predicted octanol–water partition coefficient (Wildman–Crippen LogP) is 4.50. The second-order valence-electron chi connectivity index (χ2n) is 6.47. The second kappa shape index (κ2) is 8.17. The summed E-state index contributed by atoms with van der Waals surface area (Å²) in [4.78, 5) is 6.95. The third kappa shape index (κ3) is 4.98. The van der Waals surface area contributed by atoms with Gasteiger partial charge in [0.2, 0.25) is 0 Å². The molecule has 0 aliphatic carbocycles. The highest BCUT2D eigenvalue weighted by Gasteiger charge is 2.24. The fourth-order valence-corrected chi connectivity index (χ4v) is 3.89. The number of ether oxygens (including phenoxy) is 1. The van der Waals surface area contributed by atoms with Crippen LogP contribution in [0.25, 0.3) is 0 Å². The Kier molecular flexibility index (Phi) is 6.02. The number of aromatic nitrogens is 2. The summed E-state index contributed by atoms with van der Waals surface area (Å²) in [5, 5.41) is -0.328. The number of benzene rings is 2. The highest BCUT2D eigenvalue weighted by Crippen LogP contribution is 2.30. The van der Waals surface area contributed by atoms with Crippen LogP contribution < -0.4 is 0 Å². The van der Waals surface area contributed by atoms with Gasteiger partial charge < -0.3 is 9.72 Å². The molecule has 1 heterocycles. The van der Waals surface area contributed by atoms with Crippen molar-refractivity contribution in [1.82, 2.24) is 9.97 Å². The molecular weight excluding hydrogens is 429 g/mol. The van der Waals surface area contributed by atoms with E-state index in [1.807, 2.05) is 0 Å². The lowest BCUT2D eigenvalue weighted by Gasteiger charge is -2.17. The Balaban J connectivity index is 2.01. The minimum atomic E-state index is -3.60. The smallest absolute Gasteiger partial charge is 0.194 e. The Labute approximate surface area is 170 Å². The third-order valence-corrected chi connectivity index (χ3v) is 5.43.